The first kappa shape index (κ1) is 16.9. The molecule has 0 radical (unpaired) electrons. The lowest BCUT2D eigenvalue weighted by atomic mass is 10.0. The second-order valence-electron chi connectivity index (χ2n) is 5.43. The van der Waals surface area contributed by atoms with Crippen molar-refractivity contribution in [3.8, 4) is 0 Å². The van der Waals surface area contributed by atoms with E-state index in [-0.39, 0.29) is 18.4 Å². The minimum Gasteiger partial charge on any atom is -0.480 e. The summed E-state index contributed by atoms with van der Waals surface area (Å²) in [5.41, 5.74) is 0. The van der Waals surface area contributed by atoms with Crippen LogP contribution in [0.5, 0.6) is 0 Å². The molecule has 0 aliphatic carbocycles. The maximum absolute atomic E-state index is 11.5. The number of hydrogen-bond donors (Lipinski definition) is 3. The molecule has 0 bridgehead atoms. The minimum absolute atomic E-state index is 0.0573. The number of nitrogens with one attached hydrogen (secondary N) is 2. The van der Waals surface area contributed by atoms with Crippen molar-refractivity contribution >= 4 is 11.9 Å². The largest absolute Gasteiger partial charge is 0.480 e. The van der Waals surface area contributed by atoms with Crippen molar-refractivity contribution < 1.29 is 14.7 Å². The van der Waals surface area contributed by atoms with E-state index in [0.29, 0.717) is 18.9 Å². The second kappa shape index (κ2) is 8.91. The SMILES string of the molecule is CC(C)CCNC(=O)CNC(CC(C)C)C(=O)O. The predicted molar refractivity (Wildman–Crippen MR) is 71.3 cm³/mol. The maximum Gasteiger partial charge on any atom is 0.320 e. The van der Waals surface area contributed by atoms with Crippen molar-refractivity contribution in [3.63, 3.8) is 0 Å². The Kier molecular flexibility index (Phi) is 8.37. The Morgan fingerprint density at radius 1 is 1.11 bits per heavy atom. The van der Waals surface area contributed by atoms with Crippen LogP contribution in [0.3, 0.4) is 0 Å². The van der Waals surface area contributed by atoms with Gasteiger partial charge in [0.05, 0.1) is 6.54 Å². The fourth-order valence-corrected chi connectivity index (χ4v) is 1.52. The van der Waals surface area contributed by atoms with Gasteiger partial charge in [-0.25, -0.2) is 0 Å². The van der Waals surface area contributed by atoms with Crippen LogP contribution in [0.2, 0.25) is 0 Å². The molecular weight excluding hydrogens is 232 g/mol. The third-order valence-corrected chi connectivity index (χ3v) is 2.56. The zero-order valence-corrected chi connectivity index (χ0v) is 11.8. The molecule has 1 unspecified atom stereocenters. The van der Waals surface area contributed by atoms with Crippen molar-refractivity contribution in [2.45, 2.75) is 46.6 Å². The van der Waals surface area contributed by atoms with Gasteiger partial charge in [0.1, 0.15) is 6.04 Å². The van der Waals surface area contributed by atoms with Crippen LogP contribution in [-0.2, 0) is 9.59 Å². The fourth-order valence-electron chi connectivity index (χ4n) is 1.52. The summed E-state index contributed by atoms with van der Waals surface area (Å²) in [5.74, 6) is -0.224. The summed E-state index contributed by atoms with van der Waals surface area (Å²) >= 11 is 0. The first-order valence-electron chi connectivity index (χ1n) is 6.55. The van der Waals surface area contributed by atoms with E-state index < -0.39 is 12.0 Å². The zero-order valence-electron chi connectivity index (χ0n) is 11.8. The number of hydrogen-bond acceptors (Lipinski definition) is 3. The highest BCUT2D eigenvalue weighted by molar-refractivity contribution is 5.79. The summed E-state index contributed by atoms with van der Waals surface area (Å²) in [6.07, 6.45) is 1.45. The van der Waals surface area contributed by atoms with Crippen LogP contribution < -0.4 is 10.6 Å². The third-order valence-electron chi connectivity index (χ3n) is 2.56. The van der Waals surface area contributed by atoms with Gasteiger partial charge in [-0.05, 0) is 24.7 Å². The molecule has 5 heteroatoms. The van der Waals surface area contributed by atoms with Gasteiger partial charge in [-0.1, -0.05) is 27.7 Å². The van der Waals surface area contributed by atoms with Crippen molar-refractivity contribution in [2.24, 2.45) is 11.8 Å². The Morgan fingerprint density at radius 2 is 1.72 bits per heavy atom. The number of aliphatic carboxylic acids is 1. The van der Waals surface area contributed by atoms with Crippen LogP contribution in [-0.4, -0.2) is 36.1 Å². The van der Waals surface area contributed by atoms with Gasteiger partial charge in [0, 0.05) is 6.54 Å². The molecule has 0 aromatic rings. The number of amides is 1. The summed E-state index contributed by atoms with van der Waals surface area (Å²) in [6.45, 7) is 8.80. The molecule has 0 saturated heterocycles. The Morgan fingerprint density at radius 3 is 2.17 bits per heavy atom. The molecule has 3 N–H and O–H groups in total. The lowest BCUT2D eigenvalue weighted by Gasteiger charge is -2.16. The molecule has 0 rings (SSSR count). The highest BCUT2D eigenvalue weighted by Crippen LogP contribution is 2.04. The van der Waals surface area contributed by atoms with Crippen LogP contribution >= 0.6 is 0 Å². The molecule has 106 valence electrons. The molecule has 1 amide bonds. The van der Waals surface area contributed by atoms with Gasteiger partial charge in [0.15, 0.2) is 0 Å². The molecule has 0 aromatic heterocycles. The number of carbonyl (C=O) groups excluding carboxylic acids is 1. The molecule has 0 fully saturated rings. The monoisotopic (exact) mass is 258 g/mol. The molecule has 0 spiro atoms. The summed E-state index contributed by atoms with van der Waals surface area (Å²) in [6, 6.07) is -0.652. The Labute approximate surface area is 109 Å². The Hall–Kier alpha value is -1.10. The van der Waals surface area contributed by atoms with Crippen molar-refractivity contribution in [1.82, 2.24) is 10.6 Å². The summed E-state index contributed by atoms with van der Waals surface area (Å²) in [4.78, 5) is 22.4. The van der Waals surface area contributed by atoms with E-state index in [4.69, 9.17) is 5.11 Å². The topological polar surface area (TPSA) is 78.4 Å². The molecule has 5 nitrogen and oxygen atoms in total. The number of rotatable bonds is 9. The average molecular weight is 258 g/mol. The quantitative estimate of drug-likeness (QED) is 0.581. The summed E-state index contributed by atoms with van der Waals surface area (Å²) in [7, 11) is 0. The zero-order chi connectivity index (χ0) is 14.1. The Bertz CT molecular complexity index is 265. The highest BCUT2D eigenvalue weighted by Gasteiger charge is 2.18. The molecule has 18 heavy (non-hydrogen) atoms. The minimum atomic E-state index is -0.904. The van der Waals surface area contributed by atoms with Gasteiger partial charge in [-0.2, -0.15) is 0 Å². The van der Waals surface area contributed by atoms with E-state index in [2.05, 4.69) is 24.5 Å². The van der Waals surface area contributed by atoms with Gasteiger partial charge < -0.3 is 10.4 Å². The van der Waals surface area contributed by atoms with Crippen molar-refractivity contribution in [2.75, 3.05) is 13.1 Å². The summed E-state index contributed by atoms with van der Waals surface area (Å²) in [5, 5.41) is 14.5. The van der Waals surface area contributed by atoms with Crippen LogP contribution in [0.4, 0.5) is 0 Å². The van der Waals surface area contributed by atoms with E-state index in [1.54, 1.807) is 0 Å². The molecule has 0 aliphatic heterocycles. The van der Waals surface area contributed by atoms with Crippen LogP contribution in [0.1, 0.15) is 40.5 Å². The molecule has 0 aliphatic rings. The van der Waals surface area contributed by atoms with Crippen LogP contribution in [0.15, 0.2) is 0 Å². The molecule has 1 atom stereocenters. The fraction of sp³-hybridized carbons (Fsp3) is 0.846. The smallest absolute Gasteiger partial charge is 0.320 e. The summed E-state index contributed by atoms with van der Waals surface area (Å²) < 4.78 is 0. The van der Waals surface area contributed by atoms with E-state index in [9.17, 15) is 9.59 Å². The first-order chi connectivity index (χ1) is 8.32. The number of carboxylic acids is 1. The second-order valence-corrected chi connectivity index (χ2v) is 5.43. The van der Waals surface area contributed by atoms with E-state index in [1.165, 1.54) is 0 Å². The van der Waals surface area contributed by atoms with Gasteiger partial charge in [0.2, 0.25) is 5.91 Å². The Balaban J connectivity index is 3.89. The molecular formula is C13H26N2O3. The normalized spacial score (nSPS) is 12.8. The molecule has 0 aromatic carbocycles. The van der Waals surface area contributed by atoms with Gasteiger partial charge in [-0.3, -0.25) is 14.9 Å². The highest BCUT2D eigenvalue weighted by atomic mass is 16.4. The maximum atomic E-state index is 11.5. The average Bonchev–Trinajstić information content (AvgIpc) is 2.22. The van der Waals surface area contributed by atoms with Gasteiger partial charge in [-0.15, -0.1) is 0 Å². The standard InChI is InChI=1S/C13H26N2O3/c1-9(2)5-6-14-12(16)8-15-11(13(17)18)7-10(3)4/h9-11,15H,5-8H2,1-4H3,(H,14,16)(H,17,18). The number of carboxylic acid groups (broad SMARTS) is 1. The van der Waals surface area contributed by atoms with Crippen molar-refractivity contribution in [1.29, 1.82) is 0 Å². The first-order valence-corrected chi connectivity index (χ1v) is 6.55. The lowest BCUT2D eigenvalue weighted by molar-refractivity contribution is -0.140. The lowest BCUT2D eigenvalue weighted by Crippen LogP contribution is -2.44. The number of carbonyl (C=O) groups is 2. The third kappa shape index (κ3) is 8.98. The van der Waals surface area contributed by atoms with Gasteiger partial charge in [0.25, 0.3) is 0 Å². The van der Waals surface area contributed by atoms with Crippen LogP contribution in [0.25, 0.3) is 0 Å². The van der Waals surface area contributed by atoms with Crippen molar-refractivity contribution in [3.05, 3.63) is 0 Å². The van der Waals surface area contributed by atoms with E-state index >= 15 is 0 Å². The van der Waals surface area contributed by atoms with E-state index in [0.717, 1.165) is 6.42 Å². The van der Waals surface area contributed by atoms with Gasteiger partial charge >= 0.3 is 5.97 Å². The molecule has 0 saturated carbocycles. The van der Waals surface area contributed by atoms with E-state index in [1.807, 2.05) is 13.8 Å². The van der Waals surface area contributed by atoms with Crippen LogP contribution in [0, 0.1) is 11.8 Å². The molecule has 0 heterocycles. The predicted octanol–water partition coefficient (Wildman–Crippen LogP) is 1.24.